The van der Waals surface area contributed by atoms with Crippen molar-refractivity contribution in [3.8, 4) is 12.3 Å². The first-order chi connectivity index (χ1) is 5.48. The topological polar surface area (TPSA) is 52.3 Å². The fourth-order valence-corrected chi connectivity index (χ4v) is 0.940. The Morgan fingerprint density at radius 1 is 1.67 bits per heavy atom. The Kier molecular flexibility index (Phi) is 4.20. The van der Waals surface area contributed by atoms with Gasteiger partial charge in [0.05, 0.1) is 0 Å². The van der Waals surface area contributed by atoms with Gasteiger partial charge in [0.2, 0.25) is 0 Å². The zero-order valence-electron chi connectivity index (χ0n) is 7.59. The second-order valence-electron chi connectivity index (χ2n) is 3.24. The Morgan fingerprint density at radius 3 is 2.67 bits per heavy atom. The maximum absolute atomic E-state index is 10.4. The summed E-state index contributed by atoms with van der Waals surface area (Å²) in [6.07, 6.45) is 6.62. The molecule has 0 bridgehead atoms. The zero-order chi connectivity index (χ0) is 9.61. The molecule has 0 radical (unpaired) electrons. The predicted molar refractivity (Wildman–Crippen MR) is 47.4 cm³/mol. The van der Waals surface area contributed by atoms with Crippen LogP contribution in [0.15, 0.2) is 0 Å². The van der Waals surface area contributed by atoms with Crippen molar-refractivity contribution in [3.05, 3.63) is 0 Å². The second kappa shape index (κ2) is 4.66. The minimum absolute atomic E-state index is 0.497. The van der Waals surface area contributed by atoms with E-state index in [1.807, 2.05) is 13.8 Å². The fraction of sp³-hybridized carbons (Fsp3) is 0.667. The van der Waals surface area contributed by atoms with Gasteiger partial charge in [-0.05, 0) is 26.7 Å². The predicted octanol–water partition coefficient (Wildman–Crippen LogP) is 1.66. The fourth-order valence-electron chi connectivity index (χ4n) is 0.940. The Labute approximate surface area is 73.3 Å². The third-order valence-electron chi connectivity index (χ3n) is 1.48. The van der Waals surface area contributed by atoms with Crippen LogP contribution in [0, 0.1) is 12.3 Å². The summed E-state index contributed by atoms with van der Waals surface area (Å²) in [7, 11) is 0. The van der Waals surface area contributed by atoms with E-state index >= 15 is 0 Å². The number of primary amides is 1. The first kappa shape index (κ1) is 10.8. The molecule has 2 N–H and O–H groups in total. The van der Waals surface area contributed by atoms with Gasteiger partial charge in [0.25, 0.3) is 0 Å². The molecular weight excluding hydrogens is 154 g/mol. The van der Waals surface area contributed by atoms with Crippen LogP contribution >= 0.6 is 0 Å². The molecule has 0 aliphatic carbocycles. The van der Waals surface area contributed by atoms with Gasteiger partial charge < -0.3 is 10.5 Å². The highest BCUT2D eigenvalue weighted by molar-refractivity contribution is 5.65. The molecule has 0 aromatic rings. The Balaban J connectivity index is 3.72. The van der Waals surface area contributed by atoms with E-state index in [2.05, 4.69) is 5.92 Å². The summed E-state index contributed by atoms with van der Waals surface area (Å²) in [6.45, 7) is 3.63. The van der Waals surface area contributed by atoms with E-state index in [1.165, 1.54) is 0 Å². The number of amides is 1. The maximum Gasteiger partial charge on any atom is 0.405 e. The lowest BCUT2D eigenvalue weighted by molar-refractivity contribution is 0.0380. The van der Waals surface area contributed by atoms with Gasteiger partial charge in [0.1, 0.15) is 5.60 Å². The number of terminal acetylenes is 1. The molecule has 3 heteroatoms. The highest BCUT2D eigenvalue weighted by Gasteiger charge is 2.20. The molecule has 3 nitrogen and oxygen atoms in total. The van der Waals surface area contributed by atoms with Crippen molar-refractivity contribution in [2.45, 2.75) is 38.7 Å². The SMILES string of the molecule is C#CCCCC(C)(C)OC(N)=O. The van der Waals surface area contributed by atoms with E-state index in [4.69, 9.17) is 16.9 Å². The molecule has 0 aromatic heterocycles. The van der Waals surface area contributed by atoms with Crippen molar-refractivity contribution < 1.29 is 9.53 Å². The highest BCUT2D eigenvalue weighted by atomic mass is 16.6. The van der Waals surface area contributed by atoms with Crippen LogP contribution in [0.1, 0.15) is 33.1 Å². The average molecular weight is 169 g/mol. The molecule has 0 unspecified atom stereocenters. The van der Waals surface area contributed by atoms with Gasteiger partial charge in [-0.15, -0.1) is 12.3 Å². The second-order valence-corrected chi connectivity index (χ2v) is 3.24. The minimum atomic E-state index is -0.735. The van der Waals surface area contributed by atoms with Gasteiger partial charge in [-0.1, -0.05) is 0 Å². The monoisotopic (exact) mass is 169 g/mol. The zero-order valence-corrected chi connectivity index (χ0v) is 7.59. The van der Waals surface area contributed by atoms with E-state index in [0.29, 0.717) is 6.42 Å². The van der Waals surface area contributed by atoms with Crippen molar-refractivity contribution in [2.75, 3.05) is 0 Å². The summed E-state index contributed by atoms with van der Waals surface area (Å²) in [4.78, 5) is 10.4. The standard InChI is InChI=1S/C9H15NO2/c1-4-5-6-7-9(2,3)12-8(10)11/h1H,5-7H2,2-3H3,(H2,10,11). The molecule has 0 aliphatic rings. The Hall–Kier alpha value is -1.17. The summed E-state index contributed by atoms with van der Waals surface area (Å²) in [5, 5.41) is 0. The molecule has 0 rings (SSSR count). The molecule has 0 fully saturated rings. The number of carbonyl (C=O) groups excluding carboxylic acids is 1. The van der Waals surface area contributed by atoms with Crippen LogP contribution in [0.3, 0.4) is 0 Å². The van der Waals surface area contributed by atoms with Crippen molar-refractivity contribution in [3.63, 3.8) is 0 Å². The lowest BCUT2D eigenvalue weighted by atomic mass is 10.0. The molecule has 1 amide bonds. The molecule has 0 aliphatic heterocycles. The minimum Gasteiger partial charge on any atom is -0.444 e. The van der Waals surface area contributed by atoms with Crippen LogP contribution in [0.25, 0.3) is 0 Å². The third-order valence-corrected chi connectivity index (χ3v) is 1.48. The number of hydrogen-bond donors (Lipinski definition) is 1. The van der Waals surface area contributed by atoms with Crippen LogP contribution in [-0.4, -0.2) is 11.7 Å². The lowest BCUT2D eigenvalue weighted by Gasteiger charge is -2.23. The maximum atomic E-state index is 10.4. The summed E-state index contributed by atoms with van der Waals surface area (Å²) in [5.74, 6) is 2.52. The molecule has 0 saturated heterocycles. The molecule has 68 valence electrons. The van der Waals surface area contributed by atoms with E-state index in [-0.39, 0.29) is 0 Å². The number of hydrogen-bond acceptors (Lipinski definition) is 2. The van der Waals surface area contributed by atoms with Gasteiger partial charge in [-0.3, -0.25) is 0 Å². The van der Waals surface area contributed by atoms with Crippen LogP contribution in [0.5, 0.6) is 0 Å². The molecule has 0 aromatic carbocycles. The summed E-state index contributed by atoms with van der Waals surface area (Å²) >= 11 is 0. The number of ether oxygens (including phenoxy) is 1. The van der Waals surface area contributed by atoms with Gasteiger partial charge >= 0.3 is 6.09 Å². The van der Waals surface area contributed by atoms with Crippen LogP contribution in [0.4, 0.5) is 4.79 Å². The molecule has 0 saturated carbocycles. The Bertz CT molecular complexity index is 191. The van der Waals surface area contributed by atoms with Crippen molar-refractivity contribution in [1.29, 1.82) is 0 Å². The van der Waals surface area contributed by atoms with Crippen LogP contribution < -0.4 is 5.73 Å². The smallest absolute Gasteiger partial charge is 0.405 e. The highest BCUT2D eigenvalue weighted by Crippen LogP contribution is 2.17. The van der Waals surface area contributed by atoms with Crippen molar-refractivity contribution in [2.24, 2.45) is 5.73 Å². The van der Waals surface area contributed by atoms with Gasteiger partial charge in [0, 0.05) is 6.42 Å². The van der Waals surface area contributed by atoms with Gasteiger partial charge in [-0.25, -0.2) is 4.79 Å². The van der Waals surface area contributed by atoms with E-state index in [1.54, 1.807) is 0 Å². The Morgan fingerprint density at radius 2 is 2.25 bits per heavy atom. The molecule has 12 heavy (non-hydrogen) atoms. The molecule has 0 heterocycles. The normalized spacial score (nSPS) is 10.4. The number of rotatable bonds is 4. The summed E-state index contributed by atoms with van der Waals surface area (Å²) in [5.41, 5.74) is 4.38. The first-order valence-corrected chi connectivity index (χ1v) is 3.90. The van der Waals surface area contributed by atoms with Crippen molar-refractivity contribution >= 4 is 6.09 Å². The number of unbranched alkanes of at least 4 members (excludes halogenated alkanes) is 1. The summed E-state index contributed by atoms with van der Waals surface area (Å²) in [6, 6.07) is 0. The number of carbonyl (C=O) groups is 1. The molecule has 0 atom stereocenters. The summed E-state index contributed by atoms with van der Waals surface area (Å²) < 4.78 is 4.85. The van der Waals surface area contributed by atoms with Crippen molar-refractivity contribution in [1.82, 2.24) is 0 Å². The number of nitrogens with two attached hydrogens (primary N) is 1. The van der Waals surface area contributed by atoms with Crippen LogP contribution in [-0.2, 0) is 4.74 Å². The van der Waals surface area contributed by atoms with Gasteiger partial charge in [-0.2, -0.15) is 0 Å². The van der Waals surface area contributed by atoms with Crippen LogP contribution in [0.2, 0.25) is 0 Å². The van der Waals surface area contributed by atoms with Gasteiger partial charge in [0.15, 0.2) is 0 Å². The third kappa shape index (κ3) is 5.60. The van der Waals surface area contributed by atoms with E-state index in [9.17, 15) is 4.79 Å². The quantitative estimate of drug-likeness (QED) is 0.514. The van der Waals surface area contributed by atoms with E-state index in [0.717, 1.165) is 12.8 Å². The molecular formula is C9H15NO2. The average Bonchev–Trinajstić information content (AvgIpc) is 1.84. The lowest BCUT2D eigenvalue weighted by Crippen LogP contribution is -2.30. The first-order valence-electron chi connectivity index (χ1n) is 3.90. The van der Waals surface area contributed by atoms with E-state index < -0.39 is 11.7 Å². The largest absolute Gasteiger partial charge is 0.444 e. The molecule has 0 spiro atoms.